The molecule has 0 radical (unpaired) electrons. The van der Waals surface area contributed by atoms with E-state index in [0.29, 0.717) is 11.8 Å². The van der Waals surface area contributed by atoms with E-state index in [4.69, 9.17) is 4.74 Å². The summed E-state index contributed by atoms with van der Waals surface area (Å²) in [6.07, 6.45) is 3.29. The van der Waals surface area contributed by atoms with Crippen LogP contribution in [0.1, 0.15) is 19.3 Å². The molecule has 98 valence electrons. The molecule has 2 aliphatic heterocycles. The lowest BCUT2D eigenvalue weighted by Gasteiger charge is -2.22. The molecule has 2 amide bonds. The summed E-state index contributed by atoms with van der Waals surface area (Å²) in [5.41, 5.74) is 0. The van der Waals surface area contributed by atoms with Crippen LogP contribution < -0.4 is 16.0 Å². The Hall–Kier alpha value is -0.810. The first-order valence-electron chi connectivity index (χ1n) is 6.65. The van der Waals surface area contributed by atoms with Gasteiger partial charge in [0.1, 0.15) is 0 Å². The minimum atomic E-state index is -0.0246. The van der Waals surface area contributed by atoms with Crippen molar-refractivity contribution in [3.63, 3.8) is 0 Å². The molecule has 1 atom stereocenters. The van der Waals surface area contributed by atoms with Crippen LogP contribution in [0.4, 0.5) is 4.79 Å². The Morgan fingerprint density at radius 3 is 2.47 bits per heavy atom. The fourth-order valence-electron chi connectivity index (χ4n) is 2.38. The molecule has 0 aromatic rings. The van der Waals surface area contributed by atoms with Gasteiger partial charge in [0.2, 0.25) is 0 Å². The molecule has 1 unspecified atom stereocenters. The van der Waals surface area contributed by atoms with E-state index in [2.05, 4.69) is 16.0 Å². The van der Waals surface area contributed by atoms with Gasteiger partial charge in [-0.2, -0.15) is 0 Å². The molecule has 0 aromatic heterocycles. The first-order chi connectivity index (χ1) is 8.34. The second-order valence-corrected chi connectivity index (χ2v) is 5.01. The maximum atomic E-state index is 11.6. The fourth-order valence-corrected chi connectivity index (χ4v) is 2.38. The van der Waals surface area contributed by atoms with Crippen LogP contribution in [0.3, 0.4) is 0 Å². The van der Waals surface area contributed by atoms with Crippen molar-refractivity contribution in [2.24, 2.45) is 11.8 Å². The number of amides is 2. The second kappa shape index (κ2) is 6.81. The van der Waals surface area contributed by atoms with Gasteiger partial charge in [0.15, 0.2) is 0 Å². The van der Waals surface area contributed by atoms with Crippen molar-refractivity contribution in [2.75, 3.05) is 39.4 Å². The number of carbonyl (C=O) groups excluding carboxylic acids is 1. The van der Waals surface area contributed by atoms with Crippen LogP contribution in [0.5, 0.6) is 0 Å². The van der Waals surface area contributed by atoms with E-state index in [9.17, 15) is 4.79 Å². The number of urea groups is 1. The van der Waals surface area contributed by atoms with Crippen molar-refractivity contribution in [2.45, 2.75) is 19.3 Å². The van der Waals surface area contributed by atoms with Crippen molar-refractivity contribution in [1.82, 2.24) is 16.0 Å². The zero-order valence-electron chi connectivity index (χ0n) is 10.3. The average Bonchev–Trinajstić information content (AvgIpc) is 2.88. The zero-order valence-corrected chi connectivity index (χ0v) is 10.3. The lowest BCUT2D eigenvalue weighted by Crippen LogP contribution is -2.41. The van der Waals surface area contributed by atoms with E-state index >= 15 is 0 Å². The van der Waals surface area contributed by atoms with Crippen molar-refractivity contribution in [3.05, 3.63) is 0 Å². The number of ether oxygens (including phenoxy) is 1. The van der Waals surface area contributed by atoms with Crippen molar-refractivity contribution >= 4 is 6.03 Å². The minimum absolute atomic E-state index is 0.0246. The number of hydrogen-bond donors (Lipinski definition) is 3. The topological polar surface area (TPSA) is 62.4 Å². The molecule has 0 spiro atoms. The van der Waals surface area contributed by atoms with Crippen molar-refractivity contribution in [3.8, 4) is 0 Å². The lowest BCUT2D eigenvalue weighted by atomic mass is 10.0. The molecule has 0 aliphatic carbocycles. The van der Waals surface area contributed by atoms with Gasteiger partial charge < -0.3 is 20.7 Å². The first kappa shape index (κ1) is 12.6. The molecule has 2 heterocycles. The Bertz CT molecular complexity index is 236. The van der Waals surface area contributed by atoms with E-state index < -0.39 is 0 Å². The smallest absolute Gasteiger partial charge is 0.314 e. The van der Waals surface area contributed by atoms with E-state index in [0.717, 1.165) is 52.2 Å². The van der Waals surface area contributed by atoms with Crippen LogP contribution in [-0.4, -0.2) is 45.4 Å². The SMILES string of the molecule is O=C(NCC1CCOCC1)NCC1CCNC1. The Balaban J connectivity index is 1.53. The Morgan fingerprint density at radius 2 is 1.82 bits per heavy atom. The highest BCUT2D eigenvalue weighted by molar-refractivity contribution is 5.73. The molecule has 0 bridgehead atoms. The molecule has 5 heteroatoms. The molecule has 2 fully saturated rings. The number of nitrogens with one attached hydrogen (secondary N) is 3. The normalized spacial score (nSPS) is 25.8. The Morgan fingerprint density at radius 1 is 1.12 bits per heavy atom. The van der Waals surface area contributed by atoms with Crippen LogP contribution in [0.15, 0.2) is 0 Å². The van der Waals surface area contributed by atoms with E-state index in [1.54, 1.807) is 0 Å². The number of carbonyl (C=O) groups is 1. The molecule has 2 aliphatic rings. The second-order valence-electron chi connectivity index (χ2n) is 5.01. The third-order valence-electron chi connectivity index (χ3n) is 3.61. The first-order valence-corrected chi connectivity index (χ1v) is 6.65. The van der Waals surface area contributed by atoms with Crippen LogP contribution >= 0.6 is 0 Å². The summed E-state index contributed by atoms with van der Waals surface area (Å²) in [6, 6.07) is -0.0246. The van der Waals surface area contributed by atoms with Crippen LogP contribution in [0.25, 0.3) is 0 Å². The number of hydrogen-bond acceptors (Lipinski definition) is 3. The molecule has 5 nitrogen and oxygen atoms in total. The zero-order chi connectivity index (χ0) is 11.9. The molecule has 0 saturated carbocycles. The highest BCUT2D eigenvalue weighted by atomic mass is 16.5. The van der Waals surface area contributed by atoms with Gasteiger partial charge in [-0.25, -0.2) is 4.79 Å². The largest absolute Gasteiger partial charge is 0.381 e. The van der Waals surface area contributed by atoms with Gasteiger partial charge in [0, 0.05) is 26.3 Å². The van der Waals surface area contributed by atoms with E-state index in [1.807, 2.05) is 0 Å². The van der Waals surface area contributed by atoms with Gasteiger partial charge >= 0.3 is 6.03 Å². The van der Waals surface area contributed by atoms with Crippen LogP contribution in [0, 0.1) is 11.8 Å². The molecule has 17 heavy (non-hydrogen) atoms. The van der Waals surface area contributed by atoms with E-state index in [-0.39, 0.29) is 6.03 Å². The summed E-state index contributed by atoms with van der Waals surface area (Å²) in [4.78, 5) is 11.6. The molecular formula is C12H23N3O2. The van der Waals surface area contributed by atoms with Gasteiger partial charge in [0.05, 0.1) is 0 Å². The quantitative estimate of drug-likeness (QED) is 0.664. The van der Waals surface area contributed by atoms with Crippen molar-refractivity contribution < 1.29 is 9.53 Å². The third kappa shape index (κ3) is 4.52. The van der Waals surface area contributed by atoms with Crippen LogP contribution in [0.2, 0.25) is 0 Å². The summed E-state index contributed by atoms with van der Waals surface area (Å²) in [5, 5.41) is 9.19. The monoisotopic (exact) mass is 241 g/mol. The van der Waals surface area contributed by atoms with Gasteiger partial charge in [-0.15, -0.1) is 0 Å². The summed E-state index contributed by atoms with van der Waals surface area (Å²) >= 11 is 0. The molecule has 2 rings (SSSR count). The highest BCUT2D eigenvalue weighted by Crippen LogP contribution is 2.13. The maximum Gasteiger partial charge on any atom is 0.314 e. The molecule has 3 N–H and O–H groups in total. The minimum Gasteiger partial charge on any atom is -0.381 e. The highest BCUT2D eigenvalue weighted by Gasteiger charge is 2.16. The van der Waals surface area contributed by atoms with Gasteiger partial charge in [-0.1, -0.05) is 0 Å². The summed E-state index contributed by atoms with van der Waals surface area (Å²) < 4.78 is 5.29. The van der Waals surface area contributed by atoms with Gasteiger partial charge in [-0.3, -0.25) is 0 Å². The maximum absolute atomic E-state index is 11.6. The average molecular weight is 241 g/mol. The standard InChI is InChI=1S/C12H23N3O2/c16-12(15-9-11-1-4-13-7-11)14-8-10-2-5-17-6-3-10/h10-11,13H,1-9H2,(H2,14,15,16). The fraction of sp³-hybridized carbons (Fsp3) is 0.917. The summed E-state index contributed by atoms with van der Waals surface area (Å²) in [7, 11) is 0. The molecular weight excluding hydrogens is 218 g/mol. The van der Waals surface area contributed by atoms with Gasteiger partial charge in [-0.05, 0) is 44.2 Å². The lowest BCUT2D eigenvalue weighted by molar-refractivity contribution is 0.0669. The third-order valence-corrected chi connectivity index (χ3v) is 3.61. The summed E-state index contributed by atoms with van der Waals surface area (Å²) in [6.45, 7) is 5.34. The van der Waals surface area contributed by atoms with Crippen LogP contribution in [-0.2, 0) is 4.74 Å². The molecule has 2 saturated heterocycles. The predicted octanol–water partition coefficient (Wildman–Crippen LogP) is 0.322. The van der Waals surface area contributed by atoms with Crippen molar-refractivity contribution in [1.29, 1.82) is 0 Å². The molecule has 0 aromatic carbocycles. The number of rotatable bonds is 4. The van der Waals surface area contributed by atoms with E-state index in [1.165, 1.54) is 6.42 Å². The van der Waals surface area contributed by atoms with Gasteiger partial charge in [0.25, 0.3) is 0 Å². The Kier molecular flexibility index (Phi) is 5.07. The summed E-state index contributed by atoms with van der Waals surface area (Å²) in [5.74, 6) is 1.19. The Labute approximate surface area is 103 Å². The predicted molar refractivity (Wildman–Crippen MR) is 65.9 cm³/mol.